The average Bonchev–Trinajstić information content (AvgIpc) is 2.47. The Bertz CT molecular complexity index is 347. The summed E-state index contributed by atoms with van der Waals surface area (Å²) in [6.07, 6.45) is -6.48. The van der Waals surface area contributed by atoms with Gasteiger partial charge in [-0.3, -0.25) is 0 Å². The quantitative estimate of drug-likeness (QED) is 0.273. The Kier molecular flexibility index (Phi) is 5.52. The van der Waals surface area contributed by atoms with E-state index in [-0.39, 0.29) is 6.54 Å². The summed E-state index contributed by atoms with van der Waals surface area (Å²) in [7, 11) is 0. The van der Waals surface area contributed by atoms with E-state index in [1.165, 1.54) is 0 Å². The zero-order valence-corrected chi connectivity index (χ0v) is 11.7. The number of rotatable bonds is 3. The van der Waals surface area contributed by atoms with Gasteiger partial charge in [0.2, 0.25) is 0 Å². The van der Waals surface area contributed by atoms with Crippen LogP contribution in [0.1, 0.15) is 12.8 Å². The van der Waals surface area contributed by atoms with Crippen molar-refractivity contribution in [3.05, 3.63) is 0 Å². The molecule has 0 unspecified atom stereocenters. The van der Waals surface area contributed by atoms with E-state index < -0.39 is 55.0 Å². The van der Waals surface area contributed by atoms with Crippen molar-refractivity contribution in [3.63, 3.8) is 0 Å². The smallest absolute Gasteiger partial charge is 0.176 e. The first kappa shape index (κ1) is 17.0. The first-order valence-corrected chi connectivity index (χ1v) is 7.11. The van der Waals surface area contributed by atoms with E-state index in [4.69, 9.17) is 26.7 Å². The maximum absolute atomic E-state index is 9.98. The number of hydrogen-bond acceptors (Lipinski definition) is 9. The van der Waals surface area contributed by atoms with E-state index in [1.54, 1.807) is 0 Å². The molecule has 21 heavy (non-hydrogen) atoms. The standard InChI is InChI=1S/C12H25N3O6/c13-3-6-9(18)10(19)7(15)12(20-6)21-11-4(14)1-2-5(16)8(11)17/h4-12,16-19H,1-3,13-15H2/t4-,5-,6+,7+,8+,9+,10+,11+,12+/m0/s1. The molecule has 2 aliphatic rings. The van der Waals surface area contributed by atoms with Crippen LogP contribution in [0.4, 0.5) is 0 Å². The first-order chi connectivity index (χ1) is 9.86. The number of hydrogen-bond donors (Lipinski definition) is 7. The van der Waals surface area contributed by atoms with Crippen LogP contribution in [0.15, 0.2) is 0 Å². The highest BCUT2D eigenvalue weighted by molar-refractivity contribution is 4.95. The molecule has 9 heteroatoms. The summed E-state index contributed by atoms with van der Waals surface area (Å²) < 4.78 is 11.0. The molecule has 0 spiro atoms. The molecule has 1 saturated heterocycles. The highest BCUT2D eigenvalue weighted by Crippen LogP contribution is 2.27. The van der Waals surface area contributed by atoms with Crippen molar-refractivity contribution in [2.75, 3.05) is 6.54 Å². The minimum Gasteiger partial charge on any atom is -0.390 e. The Balaban J connectivity index is 2.06. The second-order valence-electron chi connectivity index (χ2n) is 5.74. The van der Waals surface area contributed by atoms with Gasteiger partial charge in [0.05, 0.1) is 12.1 Å². The van der Waals surface area contributed by atoms with E-state index in [9.17, 15) is 20.4 Å². The van der Waals surface area contributed by atoms with Gasteiger partial charge in [0.1, 0.15) is 30.5 Å². The fourth-order valence-corrected chi connectivity index (χ4v) is 2.78. The Morgan fingerprint density at radius 2 is 1.67 bits per heavy atom. The summed E-state index contributed by atoms with van der Waals surface area (Å²) in [6.45, 7) is -0.0211. The molecule has 0 amide bonds. The average molecular weight is 307 g/mol. The Labute approximate surface area is 122 Å². The van der Waals surface area contributed by atoms with Crippen LogP contribution < -0.4 is 17.2 Å². The molecule has 0 aromatic carbocycles. The number of nitrogens with two attached hydrogens (primary N) is 3. The fraction of sp³-hybridized carbons (Fsp3) is 1.00. The fourth-order valence-electron chi connectivity index (χ4n) is 2.78. The molecule has 1 heterocycles. The predicted octanol–water partition coefficient (Wildman–Crippen LogP) is -4.05. The molecule has 2 fully saturated rings. The second kappa shape index (κ2) is 6.82. The third kappa shape index (κ3) is 3.36. The number of aliphatic hydroxyl groups is 4. The molecular formula is C12H25N3O6. The molecule has 9 atom stereocenters. The van der Waals surface area contributed by atoms with Crippen LogP contribution >= 0.6 is 0 Å². The summed E-state index contributed by atoms with van der Waals surface area (Å²) >= 11 is 0. The van der Waals surface area contributed by atoms with Crippen molar-refractivity contribution >= 4 is 0 Å². The summed E-state index contributed by atoms with van der Waals surface area (Å²) in [5, 5.41) is 39.3. The van der Waals surface area contributed by atoms with E-state index in [1.807, 2.05) is 0 Å². The molecule has 0 aromatic rings. The predicted molar refractivity (Wildman–Crippen MR) is 71.8 cm³/mol. The van der Waals surface area contributed by atoms with Crippen molar-refractivity contribution in [1.29, 1.82) is 0 Å². The van der Waals surface area contributed by atoms with Gasteiger partial charge in [-0.2, -0.15) is 0 Å². The van der Waals surface area contributed by atoms with Gasteiger partial charge in [0.15, 0.2) is 6.29 Å². The minimum atomic E-state index is -1.26. The molecular weight excluding hydrogens is 282 g/mol. The largest absolute Gasteiger partial charge is 0.390 e. The van der Waals surface area contributed by atoms with Crippen molar-refractivity contribution in [2.24, 2.45) is 17.2 Å². The van der Waals surface area contributed by atoms with Crippen LogP contribution in [0, 0.1) is 0 Å². The highest BCUT2D eigenvalue weighted by atomic mass is 16.7. The third-order valence-electron chi connectivity index (χ3n) is 4.22. The van der Waals surface area contributed by atoms with Gasteiger partial charge in [-0.15, -0.1) is 0 Å². The molecule has 2 rings (SSSR count). The molecule has 10 N–H and O–H groups in total. The zero-order valence-electron chi connectivity index (χ0n) is 11.7. The first-order valence-electron chi connectivity index (χ1n) is 7.11. The van der Waals surface area contributed by atoms with Crippen LogP contribution in [0.3, 0.4) is 0 Å². The van der Waals surface area contributed by atoms with Crippen molar-refractivity contribution < 1.29 is 29.9 Å². The van der Waals surface area contributed by atoms with Crippen LogP contribution in [0.2, 0.25) is 0 Å². The SMILES string of the molecule is NC[C@H]1O[C@H](O[C@H]2[C@H](O)[C@@H](O)CC[C@@H]2N)[C@H](N)[C@@H](O)[C@@H]1O. The summed E-state index contributed by atoms with van der Waals surface area (Å²) in [6, 6.07) is -1.50. The van der Waals surface area contributed by atoms with Gasteiger partial charge < -0.3 is 47.1 Å². The van der Waals surface area contributed by atoms with Crippen molar-refractivity contribution in [3.8, 4) is 0 Å². The lowest BCUT2D eigenvalue weighted by atomic mass is 9.88. The van der Waals surface area contributed by atoms with Crippen molar-refractivity contribution in [1.82, 2.24) is 0 Å². The summed E-state index contributed by atoms with van der Waals surface area (Å²) in [5.41, 5.74) is 17.1. The lowest BCUT2D eigenvalue weighted by Gasteiger charge is -2.44. The summed E-state index contributed by atoms with van der Waals surface area (Å²) in [4.78, 5) is 0. The Hall–Kier alpha value is -0.360. The third-order valence-corrected chi connectivity index (χ3v) is 4.22. The van der Waals surface area contributed by atoms with Gasteiger partial charge in [0.25, 0.3) is 0 Å². The monoisotopic (exact) mass is 307 g/mol. The van der Waals surface area contributed by atoms with E-state index >= 15 is 0 Å². The zero-order chi connectivity index (χ0) is 15.7. The lowest BCUT2D eigenvalue weighted by Crippen LogP contribution is -2.65. The molecule has 1 aliphatic carbocycles. The van der Waals surface area contributed by atoms with Gasteiger partial charge in [-0.1, -0.05) is 0 Å². The number of aliphatic hydroxyl groups excluding tert-OH is 4. The van der Waals surface area contributed by atoms with Gasteiger partial charge in [-0.05, 0) is 12.8 Å². The molecule has 1 saturated carbocycles. The van der Waals surface area contributed by atoms with Crippen LogP contribution in [0.25, 0.3) is 0 Å². The van der Waals surface area contributed by atoms with Crippen LogP contribution in [-0.2, 0) is 9.47 Å². The molecule has 0 radical (unpaired) electrons. The van der Waals surface area contributed by atoms with Crippen LogP contribution in [0.5, 0.6) is 0 Å². The molecule has 9 nitrogen and oxygen atoms in total. The molecule has 124 valence electrons. The number of ether oxygens (including phenoxy) is 2. The lowest BCUT2D eigenvalue weighted by molar-refractivity contribution is -0.287. The van der Waals surface area contributed by atoms with E-state index in [0.717, 1.165) is 0 Å². The van der Waals surface area contributed by atoms with Gasteiger partial charge in [0, 0.05) is 12.6 Å². The van der Waals surface area contributed by atoms with Crippen molar-refractivity contribution in [2.45, 2.75) is 67.8 Å². The Morgan fingerprint density at radius 3 is 2.29 bits per heavy atom. The van der Waals surface area contributed by atoms with E-state index in [0.29, 0.717) is 12.8 Å². The molecule has 0 bridgehead atoms. The highest BCUT2D eigenvalue weighted by Gasteiger charge is 2.46. The Morgan fingerprint density at radius 1 is 1.00 bits per heavy atom. The maximum atomic E-state index is 9.98. The molecule has 0 aromatic heterocycles. The summed E-state index contributed by atoms with van der Waals surface area (Å²) in [5.74, 6) is 0. The van der Waals surface area contributed by atoms with E-state index in [2.05, 4.69) is 0 Å². The molecule has 1 aliphatic heterocycles. The van der Waals surface area contributed by atoms with Gasteiger partial charge >= 0.3 is 0 Å². The topological polar surface area (TPSA) is 177 Å². The maximum Gasteiger partial charge on any atom is 0.176 e. The minimum absolute atomic E-state index is 0.0211. The normalized spacial score (nSPS) is 51.9. The second-order valence-corrected chi connectivity index (χ2v) is 5.74. The van der Waals surface area contributed by atoms with Crippen LogP contribution in [-0.4, -0.2) is 82.0 Å². The van der Waals surface area contributed by atoms with Gasteiger partial charge in [-0.25, -0.2) is 0 Å².